The number of nitrogens with zero attached hydrogens (tertiary/aromatic N) is 1. The summed E-state index contributed by atoms with van der Waals surface area (Å²) < 4.78 is 0. The van der Waals surface area contributed by atoms with Gasteiger partial charge in [0.1, 0.15) is 0 Å². The number of nitrogens with two attached hydrogens (primary N) is 1. The van der Waals surface area contributed by atoms with Gasteiger partial charge < -0.3 is 10.8 Å². The quantitative estimate of drug-likeness (QED) is 0.701. The highest BCUT2D eigenvalue weighted by molar-refractivity contribution is 4.90. The molecule has 3 N–H and O–H groups in total. The van der Waals surface area contributed by atoms with Gasteiger partial charge >= 0.3 is 0 Å². The Kier molecular flexibility index (Phi) is 5.58. The van der Waals surface area contributed by atoms with E-state index in [2.05, 4.69) is 18.7 Å². The van der Waals surface area contributed by atoms with Crippen LogP contribution in [-0.4, -0.2) is 41.3 Å². The van der Waals surface area contributed by atoms with Crippen molar-refractivity contribution in [2.45, 2.75) is 64.1 Å². The van der Waals surface area contributed by atoms with Gasteiger partial charge in [0.25, 0.3) is 0 Å². The van der Waals surface area contributed by atoms with Crippen LogP contribution in [0.5, 0.6) is 0 Å². The van der Waals surface area contributed by atoms with Crippen LogP contribution in [0.15, 0.2) is 0 Å². The van der Waals surface area contributed by atoms with Crippen LogP contribution in [0.3, 0.4) is 0 Å². The Bertz CT molecular complexity index is 171. The Labute approximate surface area is 93.6 Å². The molecule has 1 saturated carbocycles. The molecule has 1 aliphatic carbocycles. The topological polar surface area (TPSA) is 49.5 Å². The van der Waals surface area contributed by atoms with Crippen LogP contribution in [0.4, 0.5) is 0 Å². The molecule has 1 fully saturated rings. The molecule has 0 aromatic carbocycles. The molecule has 90 valence electrons. The van der Waals surface area contributed by atoms with E-state index in [-0.39, 0.29) is 6.61 Å². The molecule has 15 heavy (non-hydrogen) atoms. The summed E-state index contributed by atoms with van der Waals surface area (Å²) in [6.45, 7) is 5.47. The van der Waals surface area contributed by atoms with Gasteiger partial charge in [-0.3, -0.25) is 4.90 Å². The van der Waals surface area contributed by atoms with E-state index < -0.39 is 0 Å². The molecule has 2 unspecified atom stereocenters. The largest absolute Gasteiger partial charge is 0.395 e. The zero-order valence-corrected chi connectivity index (χ0v) is 10.2. The van der Waals surface area contributed by atoms with E-state index in [9.17, 15) is 0 Å². The van der Waals surface area contributed by atoms with Gasteiger partial charge in [0, 0.05) is 24.7 Å². The Morgan fingerprint density at radius 2 is 2.00 bits per heavy atom. The summed E-state index contributed by atoms with van der Waals surface area (Å²) in [6.07, 6.45) is 5.90. The van der Waals surface area contributed by atoms with Crippen molar-refractivity contribution in [3.8, 4) is 0 Å². The second kappa shape index (κ2) is 6.46. The van der Waals surface area contributed by atoms with Gasteiger partial charge in [0.15, 0.2) is 0 Å². The number of rotatable bonds is 6. The van der Waals surface area contributed by atoms with Gasteiger partial charge in [0.05, 0.1) is 6.61 Å². The molecule has 0 aromatic rings. The molecule has 1 aliphatic rings. The predicted octanol–water partition coefficient (Wildman–Crippen LogP) is 1.35. The highest BCUT2D eigenvalue weighted by Gasteiger charge is 2.31. The standard InChI is InChI=1S/C12H26N2O/c1-3-10(4-2)14(8-9-15)12-7-5-6-11(12)13/h10-12,15H,3-9,13H2,1-2H3. The second-order valence-electron chi connectivity index (χ2n) is 4.59. The maximum Gasteiger partial charge on any atom is 0.0558 e. The van der Waals surface area contributed by atoms with Gasteiger partial charge in [-0.2, -0.15) is 0 Å². The van der Waals surface area contributed by atoms with E-state index in [1.807, 2.05) is 0 Å². The fourth-order valence-electron chi connectivity index (χ4n) is 2.87. The van der Waals surface area contributed by atoms with E-state index in [4.69, 9.17) is 10.8 Å². The molecule has 0 saturated heterocycles. The van der Waals surface area contributed by atoms with E-state index in [0.29, 0.717) is 18.1 Å². The summed E-state index contributed by atoms with van der Waals surface area (Å²) in [5.41, 5.74) is 6.13. The van der Waals surface area contributed by atoms with Crippen molar-refractivity contribution in [3.63, 3.8) is 0 Å². The molecule has 2 atom stereocenters. The maximum absolute atomic E-state index is 9.14. The highest BCUT2D eigenvalue weighted by Crippen LogP contribution is 2.25. The first-order chi connectivity index (χ1) is 7.24. The molecule has 0 spiro atoms. The summed E-state index contributed by atoms with van der Waals surface area (Å²) in [5.74, 6) is 0. The normalized spacial score (nSPS) is 26.8. The first-order valence-electron chi connectivity index (χ1n) is 6.36. The van der Waals surface area contributed by atoms with E-state index in [1.165, 1.54) is 12.8 Å². The van der Waals surface area contributed by atoms with Crippen molar-refractivity contribution in [2.75, 3.05) is 13.2 Å². The second-order valence-corrected chi connectivity index (χ2v) is 4.59. The maximum atomic E-state index is 9.14. The van der Waals surface area contributed by atoms with Gasteiger partial charge in [0.2, 0.25) is 0 Å². The number of aliphatic hydroxyl groups is 1. The van der Waals surface area contributed by atoms with E-state index >= 15 is 0 Å². The Morgan fingerprint density at radius 1 is 1.33 bits per heavy atom. The zero-order chi connectivity index (χ0) is 11.3. The molecule has 0 bridgehead atoms. The number of aliphatic hydroxyl groups excluding tert-OH is 1. The van der Waals surface area contributed by atoms with Crippen LogP contribution in [-0.2, 0) is 0 Å². The van der Waals surface area contributed by atoms with Crippen LogP contribution < -0.4 is 5.73 Å². The van der Waals surface area contributed by atoms with Gasteiger partial charge in [-0.25, -0.2) is 0 Å². The average molecular weight is 214 g/mol. The highest BCUT2D eigenvalue weighted by atomic mass is 16.3. The van der Waals surface area contributed by atoms with Gasteiger partial charge in [-0.05, 0) is 25.7 Å². The van der Waals surface area contributed by atoms with Crippen LogP contribution in [0.2, 0.25) is 0 Å². The Morgan fingerprint density at radius 3 is 2.40 bits per heavy atom. The molecule has 3 heteroatoms. The van der Waals surface area contributed by atoms with Crippen molar-refractivity contribution < 1.29 is 5.11 Å². The molecule has 0 heterocycles. The Balaban J connectivity index is 2.62. The third-order valence-electron chi connectivity index (χ3n) is 3.73. The van der Waals surface area contributed by atoms with E-state index in [0.717, 1.165) is 25.8 Å². The molecular weight excluding hydrogens is 188 g/mol. The van der Waals surface area contributed by atoms with Crippen LogP contribution in [0.25, 0.3) is 0 Å². The van der Waals surface area contributed by atoms with Gasteiger partial charge in [-0.1, -0.05) is 20.3 Å². The summed E-state index contributed by atoms with van der Waals surface area (Å²) in [5, 5.41) is 9.14. The fraction of sp³-hybridized carbons (Fsp3) is 1.00. The lowest BCUT2D eigenvalue weighted by Crippen LogP contribution is -2.50. The molecule has 0 aliphatic heterocycles. The van der Waals surface area contributed by atoms with Crippen molar-refractivity contribution in [2.24, 2.45) is 5.73 Å². The number of hydrogen-bond donors (Lipinski definition) is 2. The summed E-state index contributed by atoms with van der Waals surface area (Å²) in [4.78, 5) is 2.44. The minimum Gasteiger partial charge on any atom is -0.395 e. The van der Waals surface area contributed by atoms with Crippen LogP contribution in [0, 0.1) is 0 Å². The van der Waals surface area contributed by atoms with Crippen LogP contribution >= 0.6 is 0 Å². The summed E-state index contributed by atoms with van der Waals surface area (Å²) >= 11 is 0. The third kappa shape index (κ3) is 3.16. The van der Waals surface area contributed by atoms with Crippen LogP contribution in [0.1, 0.15) is 46.0 Å². The fourth-order valence-corrected chi connectivity index (χ4v) is 2.87. The SMILES string of the molecule is CCC(CC)N(CCO)C1CCCC1N. The first kappa shape index (κ1) is 12.9. The molecular formula is C12H26N2O. The average Bonchev–Trinajstić information content (AvgIpc) is 2.65. The van der Waals surface area contributed by atoms with Crippen molar-refractivity contribution in [1.82, 2.24) is 4.90 Å². The monoisotopic (exact) mass is 214 g/mol. The smallest absolute Gasteiger partial charge is 0.0558 e. The summed E-state index contributed by atoms with van der Waals surface area (Å²) in [6, 6.07) is 1.41. The Hall–Kier alpha value is -0.120. The number of hydrogen-bond acceptors (Lipinski definition) is 3. The minimum absolute atomic E-state index is 0.250. The molecule has 0 radical (unpaired) electrons. The predicted molar refractivity (Wildman–Crippen MR) is 63.8 cm³/mol. The molecule has 1 rings (SSSR count). The lowest BCUT2D eigenvalue weighted by atomic mass is 10.0. The van der Waals surface area contributed by atoms with Crippen molar-refractivity contribution >= 4 is 0 Å². The molecule has 3 nitrogen and oxygen atoms in total. The minimum atomic E-state index is 0.250. The lowest BCUT2D eigenvalue weighted by molar-refractivity contribution is 0.0915. The van der Waals surface area contributed by atoms with Crippen molar-refractivity contribution in [1.29, 1.82) is 0 Å². The molecule has 0 amide bonds. The lowest BCUT2D eigenvalue weighted by Gasteiger charge is -2.37. The third-order valence-corrected chi connectivity index (χ3v) is 3.73. The first-order valence-corrected chi connectivity index (χ1v) is 6.36. The summed E-state index contributed by atoms with van der Waals surface area (Å²) in [7, 11) is 0. The molecule has 0 aromatic heterocycles. The van der Waals surface area contributed by atoms with Gasteiger partial charge in [-0.15, -0.1) is 0 Å². The van der Waals surface area contributed by atoms with E-state index in [1.54, 1.807) is 0 Å². The zero-order valence-electron chi connectivity index (χ0n) is 10.2. The van der Waals surface area contributed by atoms with Crippen molar-refractivity contribution in [3.05, 3.63) is 0 Å².